The SMILES string of the molecule is CN(CCCN)CCCNC(=O)/C=C\C(=O)NCCCN(C)CCCN. The Bertz CT molecular complexity index is 367. The van der Waals surface area contributed by atoms with E-state index in [1.807, 2.05) is 14.1 Å². The van der Waals surface area contributed by atoms with Gasteiger partial charge in [-0.1, -0.05) is 0 Å². The molecule has 2 amide bonds. The Kier molecular flexibility index (Phi) is 16.0. The number of nitrogens with two attached hydrogens (primary N) is 2. The maximum absolute atomic E-state index is 11.7. The first-order valence-corrected chi connectivity index (χ1v) is 9.50. The van der Waals surface area contributed by atoms with E-state index in [1.54, 1.807) is 0 Å². The van der Waals surface area contributed by atoms with Crippen molar-refractivity contribution in [2.24, 2.45) is 11.5 Å². The van der Waals surface area contributed by atoms with Gasteiger partial charge >= 0.3 is 0 Å². The molecule has 0 heterocycles. The molecule has 0 aliphatic heterocycles. The van der Waals surface area contributed by atoms with Gasteiger partial charge in [0.05, 0.1) is 0 Å². The van der Waals surface area contributed by atoms with E-state index in [0.29, 0.717) is 26.2 Å². The van der Waals surface area contributed by atoms with E-state index in [0.717, 1.165) is 51.9 Å². The Hall–Kier alpha value is -1.48. The number of nitrogens with zero attached hydrogens (tertiary/aromatic N) is 2. The number of hydrogen-bond acceptors (Lipinski definition) is 6. The van der Waals surface area contributed by atoms with Crippen molar-refractivity contribution in [2.75, 3.05) is 66.5 Å². The third kappa shape index (κ3) is 16.0. The van der Waals surface area contributed by atoms with E-state index in [1.165, 1.54) is 12.2 Å². The van der Waals surface area contributed by atoms with Gasteiger partial charge in [-0.2, -0.15) is 0 Å². The molecule has 8 nitrogen and oxygen atoms in total. The molecule has 152 valence electrons. The Morgan fingerprint density at radius 3 is 1.42 bits per heavy atom. The van der Waals surface area contributed by atoms with Gasteiger partial charge in [-0.15, -0.1) is 0 Å². The lowest BCUT2D eigenvalue weighted by Crippen LogP contribution is -2.29. The van der Waals surface area contributed by atoms with E-state index >= 15 is 0 Å². The maximum Gasteiger partial charge on any atom is 0.244 e. The molecule has 0 aromatic carbocycles. The van der Waals surface area contributed by atoms with Crippen LogP contribution in [0.15, 0.2) is 12.2 Å². The van der Waals surface area contributed by atoms with Crippen molar-refractivity contribution < 1.29 is 9.59 Å². The van der Waals surface area contributed by atoms with Gasteiger partial charge in [-0.3, -0.25) is 9.59 Å². The summed E-state index contributed by atoms with van der Waals surface area (Å²) in [7, 11) is 4.08. The van der Waals surface area contributed by atoms with Crippen molar-refractivity contribution in [2.45, 2.75) is 25.7 Å². The van der Waals surface area contributed by atoms with Crippen LogP contribution in [0.2, 0.25) is 0 Å². The van der Waals surface area contributed by atoms with Gasteiger partial charge in [-0.25, -0.2) is 0 Å². The average molecular weight is 371 g/mol. The standard InChI is InChI=1S/C18H38N6O2/c1-23(13-3-9-19)15-5-11-21-17(25)7-8-18(26)22-12-6-16-24(2)14-4-10-20/h7-8H,3-6,9-16,19-20H2,1-2H3,(H,21,25)(H,22,26)/b8-7-. The molecule has 0 aliphatic rings. The quantitative estimate of drug-likeness (QED) is 0.207. The monoisotopic (exact) mass is 370 g/mol. The maximum atomic E-state index is 11.7. The predicted molar refractivity (Wildman–Crippen MR) is 107 cm³/mol. The fourth-order valence-electron chi connectivity index (χ4n) is 2.34. The van der Waals surface area contributed by atoms with Crippen LogP contribution in [-0.4, -0.2) is 88.1 Å². The van der Waals surface area contributed by atoms with Gasteiger partial charge in [0.2, 0.25) is 11.8 Å². The molecule has 0 spiro atoms. The van der Waals surface area contributed by atoms with Crippen LogP contribution in [0.4, 0.5) is 0 Å². The number of rotatable bonds is 16. The summed E-state index contributed by atoms with van der Waals surface area (Å²) in [5.41, 5.74) is 10.9. The minimum absolute atomic E-state index is 0.244. The zero-order valence-corrected chi connectivity index (χ0v) is 16.5. The van der Waals surface area contributed by atoms with Crippen molar-refractivity contribution >= 4 is 11.8 Å². The minimum atomic E-state index is -0.244. The summed E-state index contributed by atoms with van der Waals surface area (Å²) in [5, 5.41) is 5.55. The number of carbonyl (C=O) groups is 2. The third-order valence-corrected chi connectivity index (χ3v) is 3.91. The van der Waals surface area contributed by atoms with Crippen molar-refractivity contribution in [3.63, 3.8) is 0 Å². The first kappa shape index (κ1) is 24.5. The second-order valence-electron chi connectivity index (χ2n) is 6.51. The molecule has 0 unspecified atom stereocenters. The number of amides is 2. The molecule has 0 saturated heterocycles. The fraction of sp³-hybridized carbons (Fsp3) is 0.778. The van der Waals surface area contributed by atoms with E-state index in [-0.39, 0.29) is 11.8 Å². The topological polar surface area (TPSA) is 117 Å². The second-order valence-corrected chi connectivity index (χ2v) is 6.51. The summed E-state index contributed by atoms with van der Waals surface area (Å²) in [4.78, 5) is 27.7. The molecule has 0 atom stereocenters. The fourth-order valence-corrected chi connectivity index (χ4v) is 2.34. The van der Waals surface area contributed by atoms with E-state index < -0.39 is 0 Å². The van der Waals surface area contributed by atoms with Crippen LogP contribution in [0.25, 0.3) is 0 Å². The largest absolute Gasteiger partial charge is 0.353 e. The van der Waals surface area contributed by atoms with Crippen molar-refractivity contribution in [3.8, 4) is 0 Å². The average Bonchev–Trinajstić information content (AvgIpc) is 2.63. The molecular weight excluding hydrogens is 332 g/mol. The van der Waals surface area contributed by atoms with Crippen molar-refractivity contribution in [1.29, 1.82) is 0 Å². The minimum Gasteiger partial charge on any atom is -0.353 e. The Balaban J connectivity index is 3.68. The Morgan fingerprint density at radius 1 is 0.731 bits per heavy atom. The molecule has 0 rings (SSSR count). The summed E-state index contributed by atoms with van der Waals surface area (Å²) >= 11 is 0. The zero-order valence-electron chi connectivity index (χ0n) is 16.5. The lowest BCUT2D eigenvalue weighted by atomic mass is 10.3. The molecule has 0 bridgehead atoms. The number of nitrogens with one attached hydrogen (secondary N) is 2. The van der Waals surface area contributed by atoms with Crippen LogP contribution in [0.3, 0.4) is 0 Å². The van der Waals surface area contributed by atoms with Crippen LogP contribution in [0.5, 0.6) is 0 Å². The normalized spacial score (nSPS) is 11.5. The van der Waals surface area contributed by atoms with Crippen LogP contribution >= 0.6 is 0 Å². The molecule has 6 N–H and O–H groups in total. The van der Waals surface area contributed by atoms with E-state index in [2.05, 4.69) is 20.4 Å². The smallest absolute Gasteiger partial charge is 0.244 e. The number of carbonyl (C=O) groups excluding carboxylic acids is 2. The van der Waals surface area contributed by atoms with Gasteiger partial charge in [-0.05, 0) is 79.0 Å². The van der Waals surface area contributed by atoms with Gasteiger partial charge in [0.1, 0.15) is 0 Å². The summed E-state index contributed by atoms with van der Waals surface area (Å²) in [6, 6.07) is 0. The summed E-state index contributed by atoms with van der Waals surface area (Å²) < 4.78 is 0. The summed E-state index contributed by atoms with van der Waals surface area (Å²) in [6.45, 7) is 6.31. The van der Waals surface area contributed by atoms with Gasteiger partial charge in [0.25, 0.3) is 0 Å². The third-order valence-electron chi connectivity index (χ3n) is 3.91. The lowest BCUT2D eigenvalue weighted by molar-refractivity contribution is -0.118. The Labute approximate surface area is 158 Å². The molecular formula is C18H38N6O2. The highest BCUT2D eigenvalue weighted by atomic mass is 16.2. The molecule has 0 fully saturated rings. The highest BCUT2D eigenvalue weighted by Crippen LogP contribution is 1.90. The lowest BCUT2D eigenvalue weighted by Gasteiger charge is -2.15. The highest BCUT2D eigenvalue weighted by molar-refractivity contribution is 5.96. The predicted octanol–water partition coefficient (Wildman–Crippen LogP) is -0.884. The molecule has 0 aromatic heterocycles. The first-order chi connectivity index (χ1) is 12.5. The summed E-state index contributed by atoms with van der Waals surface area (Å²) in [6.07, 6.45) is 6.24. The highest BCUT2D eigenvalue weighted by Gasteiger charge is 2.01. The van der Waals surface area contributed by atoms with Crippen molar-refractivity contribution in [3.05, 3.63) is 12.2 Å². The molecule has 0 saturated carbocycles. The molecule has 0 aromatic rings. The van der Waals surface area contributed by atoms with E-state index in [9.17, 15) is 9.59 Å². The zero-order chi connectivity index (χ0) is 19.6. The summed E-state index contributed by atoms with van der Waals surface area (Å²) in [5.74, 6) is -0.488. The number of hydrogen-bond donors (Lipinski definition) is 4. The Morgan fingerprint density at radius 2 is 1.08 bits per heavy atom. The van der Waals surface area contributed by atoms with Gasteiger partial charge in [0.15, 0.2) is 0 Å². The van der Waals surface area contributed by atoms with Crippen LogP contribution in [-0.2, 0) is 9.59 Å². The van der Waals surface area contributed by atoms with Gasteiger partial charge in [0, 0.05) is 25.2 Å². The van der Waals surface area contributed by atoms with Gasteiger partial charge < -0.3 is 31.9 Å². The molecule has 26 heavy (non-hydrogen) atoms. The second kappa shape index (κ2) is 17.0. The first-order valence-electron chi connectivity index (χ1n) is 9.50. The van der Waals surface area contributed by atoms with Crippen LogP contribution in [0, 0.1) is 0 Å². The molecule has 0 aliphatic carbocycles. The van der Waals surface area contributed by atoms with E-state index in [4.69, 9.17) is 11.5 Å². The molecule has 8 heteroatoms. The molecule has 0 radical (unpaired) electrons. The van der Waals surface area contributed by atoms with Crippen molar-refractivity contribution in [1.82, 2.24) is 20.4 Å². The van der Waals surface area contributed by atoms with Crippen LogP contribution in [0.1, 0.15) is 25.7 Å². The van der Waals surface area contributed by atoms with Crippen LogP contribution < -0.4 is 22.1 Å².